The number of rotatable bonds is 5. The molecule has 1 heterocycles. The van der Waals surface area contributed by atoms with Gasteiger partial charge in [0.25, 0.3) is 0 Å². The van der Waals surface area contributed by atoms with Crippen LogP contribution in [-0.2, 0) is 19.3 Å². The molecule has 0 bridgehead atoms. The standard InChI is InChI=1S/C8H15BrO4S/c1-12-3-2-4-13-8-6-14(10,11)5-7(8)9/h7-8H,2-6H2,1H3. The van der Waals surface area contributed by atoms with Gasteiger partial charge in [0.05, 0.1) is 22.4 Å². The van der Waals surface area contributed by atoms with Crippen molar-refractivity contribution in [3.63, 3.8) is 0 Å². The van der Waals surface area contributed by atoms with Crippen LogP contribution in [0.2, 0.25) is 0 Å². The van der Waals surface area contributed by atoms with E-state index in [0.29, 0.717) is 13.2 Å². The second-order valence-electron chi connectivity index (χ2n) is 3.35. The fraction of sp³-hybridized carbons (Fsp3) is 1.00. The van der Waals surface area contributed by atoms with Gasteiger partial charge in [-0.3, -0.25) is 0 Å². The third kappa shape index (κ3) is 3.84. The van der Waals surface area contributed by atoms with Gasteiger partial charge in [-0.15, -0.1) is 0 Å². The highest BCUT2D eigenvalue weighted by Crippen LogP contribution is 2.22. The number of sulfone groups is 1. The zero-order valence-corrected chi connectivity index (χ0v) is 10.5. The first-order valence-corrected chi connectivity index (χ1v) is 7.24. The molecule has 1 rings (SSSR count). The van der Waals surface area contributed by atoms with Gasteiger partial charge in [0.1, 0.15) is 0 Å². The Morgan fingerprint density at radius 2 is 2.07 bits per heavy atom. The molecule has 2 atom stereocenters. The lowest BCUT2D eigenvalue weighted by atomic mass is 10.3. The predicted octanol–water partition coefficient (Wildman–Crippen LogP) is 0.600. The molecular formula is C8H15BrO4S. The second-order valence-corrected chi connectivity index (χ2v) is 6.68. The number of alkyl halides is 1. The summed E-state index contributed by atoms with van der Waals surface area (Å²) in [6.07, 6.45) is 0.601. The number of hydrogen-bond donors (Lipinski definition) is 0. The molecule has 1 fully saturated rings. The van der Waals surface area contributed by atoms with Gasteiger partial charge in [0, 0.05) is 20.3 Å². The van der Waals surface area contributed by atoms with Gasteiger partial charge in [0.15, 0.2) is 9.84 Å². The topological polar surface area (TPSA) is 52.6 Å². The molecule has 0 saturated carbocycles. The van der Waals surface area contributed by atoms with Crippen molar-refractivity contribution in [1.29, 1.82) is 0 Å². The maximum atomic E-state index is 11.2. The summed E-state index contributed by atoms with van der Waals surface area (Å²) in [5.41, 5.74) is 0. The molecule has 0 aromatic heterocycles. The summed E-state index contributed by atoms with van der Waals surface area (Å²) in [5, 5.41) is 0. The van der Waals surface area contributed by atoms with Crippen LogP contribution in [0.3, 0.4) is 0 Å². The Morgan fingerprint density at radius 1 is 1.36 bits per heavy atom. The summed E-state index contributed by atoms with van der Waals surface area (Å²) in [5.74, 6) is 0.317. The molecule has 0 aliphatic carbocycles. The summed E-state index contributed by atoms with van der Waals surface area (Å²) in [4.78, 5) is -0.0601. The summed E-state index contributed by atoms with van der Waals surface area (Å²) < 4.78 is 32.7. The van der Waals surface area contributed by atoms with Crippen molar-refractivity contribution in [3.8, 4) is 0 Å². The molecule has 84 valence electrons. The second kappa shape index (κ2) is 5.44. The van der Waals surface area contributed by atoms with Crippen LogP contribution in [0.1, 0.15) is 6.42 Å². The van der Waals surface area contributed by atoms with Crippen LogP contribution in [-0.4, -0.2) is 51.2 Å². The molecule has 1 aliphatic heterocycles. The zero-order valence-electron chi connectivity index (χ0n) is 8.11. The minimum atomic E-state index is -2.89. The van der Waals surface area contributed by atoms with E-state index in [1.54, 1.807) is 7.11 Å². The van der Waals surface area contributed by atoms with Gasteiger partial charge >= 0.3 is 0 Å². The number of hydrogen-bond acceptors (Lipinski definition) is 4. The van der Waals surface area contributed by atoms with E-state index in [4.69, 9.17) is 9.47 Å². The molecule has 0 spiro atoms. The minimum Gasteiger partial charge on any atom is -0.385 e. The molecule has 2 unspecified atom stereocenters. The molecule has 0 amide bonds. The monoisotopic (exact) mass is 286 g/mol. The molecule has 0 aromatic carbocycles. The highest BCUT2D eigenvalue weighted by atomic mass is 79.9. The predicted molar refractivity (Wildman–Crippen MR) is 57.6 cm³/mol. The first-order valence-electron chi connectivity index (χ1n) is 4.50. The van der Waals surface area contributed by atoms with Crippen LogP contribution in [0.25, 0.3) is 0 Å². The molecule has 6 heteroatoms. The summed E-state index contributed by atoms with van der Waals surface area (Å²) in [6.45, 7) is 1.20. The van der Waals surface area contributed by atoms with Crippen molar-refractivity contribution in [3.05, 3.63) is 0 Å². The van der Waals surface area contributed by atoms with E-state index in [0.717, 1.165) is 6.42 Å². The number of ether oxygens (including phenoxy) is 2. The molecule has 1 saturated heterocycles. The van der Waals surface area contributed by atoms with Gasteiger partial charge < -0.3 is 9.47 Å². The van der Waals surface area contributed by atoms with Gasteiger partial charge in [-0.25, -0.2) is 8.42 Å². The van der Waals surface area contributed by atoms with E-state index in [9.17, 15) is 8.42 Å². The van der Waals surface area contributed by atoms with Crippen molar-refractivity contribution in [2.24, 2.45) is 0 Å². The maximum absolute atomic E-state index is 11.2. The van der Waals surface area contributed by atoms with E-state index in [2.05, 4.69) is 15.9 Å². The zero-order chi connectivity index (χ0) is 10.6. The van der Waals surface area contributed by atoms with E-state index in [1.807, 2.05) is 0 Å². The van der Waals surface area contributed by atoms with Crippen molar-refractivity contribution < 1.29 is 17.9 Å². The van der Waals surface area contributed by atoms with Crippen molar-refractivity contribution in [2.75, 3.05) is 31.8 Å². The summed E-state index contributed by atoms with van der Waals surface area (Å²) in [7, 11) is -1.26. The van der Waals surface area contributed by atoms with Gasteiger partial charge in [-0.2, -0.15) is 0 Å². The average Bonchev–Trinajstić information content (AvgIpc) is 2.34. The smallest absolute Gasteiger partial charge is 0.154 e. The fourth-order valence-corrected chi connectivity index (χ4v) is 4.82. The largest absolute Gasteiger partial charge is 0.385 e. The Hall–Kier alpha value is 0.350. The first-order chi connectivity index (χ1) is 6.55. The van der Waals surface area contributed by atoms with E-state index >= 15 is 0 Å². The van der Waals surface area contributed by atoms with E-state index in [-0.39, 0.29) is 22.4 Å². The Labute approximate surface area is 93.0 Å². The molecule has 0 aromatic rings. The van der Waals surface area contributed by atoms with Crippen LogP contribution < -0.4 is 0 Å². The quantitative estimate of drug-likeness (QED) is 0.549. The first kappa shape index (κ1) is 12.4. The number of halogens is 1. The highest BCUT2D eigenvalue weighted by molar-refractivity contribution is 9.09. The SMILES string of the molecule is COCCCOC1CS(=O)(=O)CC1Br. The third-order valence-corrected chi connectivity index (χ3v) is 5.10. The average molecular weight is 287 g/mol. The van der Waals surface area contributed by atoms with Crippen LogP contribution in [0.5, 0.6) is 0 Å². The van der Waals surface area contributed by atoms with Crippen LogP contribution in [0.4, 0.5) is 0 Å². The van der Waals surface area contributed by atoms with Crippen molar-refractivity contribution in [1.82, 2.24) is 0 Å². The Balaban J connectivity index is 2.25. The van der Waals surface area contributed by atoms with Gasteiger partial charge in [-0.05, 0) is 6.42 Å². The Bertz CT molecular complexity index is 265. The lowest BCUT2D eigenvalue weighted by Gasteiger charge is -2.13. The van der Waals surface area contributed by atoms with Crippen LogP contribution >= 0.6 is 15.9 Å². The van der Waals surface area contributed by atoms with Crippen LogP contribution in [0, 0.1) is 0 Å². The van der Waals surface area contributed by atoms with E-state index < -0.39 is 9.84 Å². The molecule has 0 radical (unpaired) electrons. The third-order valence-electron chi connectivity index (χ3n) is 2.06. The van der Waals surface area contributed by atoms with Crippen LogP contribution in [0.15, 0.2) is 0 Å². The Morgan fingerprint density at radius 3 is 2.57 bits per heavy atom. The Kier molecular flexibility index (Phi) is 4.82. The number of methoxy groups -OCH3 is 1. The van der Waals surface area contributed by atoms with Gasteiger partial charge in [0.2, 0.25) is 0 Å². The summed E-state index contributed by atoms with van der Waals surface area (Å²) in [6, 6.07) is 0. The fourth-order valence-electron chi connectivity index (χ4n) is 1.36. The molecule has 14 heavy (non-hydrogen) atoms. The molecule has 0 N–H and O–H groups in total. The lowest BCUT2D eigenvalue weighted by Crippen LogP contribution is -2.23. The molecule has 1 aliphatic rings. The van der Waals surface area contributed by atoms with Crippen molar-refractivity contribution in [2.45, 2.75) is 17.4 Å². The lowest BCUT2D eigenvalue weighted by molar-refractivity contribution is 0.0583. The summed E-state index contributed by atoms with van der Waals surface area (Å²) >= 11 is 3.31. The maximum Gasteiger partial charge on any atom is 0.154 e. The van der Waals surface area contributed by atoms with Gasteiger partial charge in [-0.1, -0.05) is 15.9 Å². The molecule has 4 nitrogen and oxygen atoms in total. The normalized spacial score (nSPS) is 30.7. The molecular weight excluding hydrogens is 272 g/mol. The van der Waals surface area contributed by atoms with E-state index in [1.165, 1.54) is 0 Å². The van der Waals surface area contributed by atoms with Crippen molar-refractivity contribution >= 4 is 25.8 Å². The minimum absolute atomic E-state index is 0.0601. The highest BCUT2D eigenvalue weighted by Gasteiger charge is 2.36.